The van der Waals surface area contributed by atoms with Gasteiger partial charge in [0.1, 0.15) is 11.8 Å². The molecule has 5 rings (SSSR count). The molecular formula is C24H23N5O4. The van der Waals surface area contributed by atoms with Crippen LogP contribution in [-0.4, -0.2) is 32.6 Å². The zero-order chi connectivity index (χ0) is 23.3. The van der Waals surface area contributed by atoms with Crippen LogP contribution in [0.5, 0.6) is 5.75 Å². The summed E-state index contributed by atoms with van der Waals surface area (Å²) in [5.41, 5.74) is 2.75. The number of ketones is 1. The summed E-state index contributed by atoms with van der Waals surface area (Å²) >= 11 is 0. The number of anilines is 1. The van der Waals surface area contributed by atoms with Crippen molar-refractivity contribution in [1.29, 1.82) is 0 Å². The molecule has 9 heteroatoms. The Morgan fingerprint density at radius 3 is 2.64 bits per heavy atom. The van der Waals surface area contributed by atoms with Crippen LogP contribution in [-0.2, 0) is 4.79 Å². The number of non-ortho nitro benzene ring substituents is 1. The van der Waals surface area contributed by atoms with Crippen LogP contribution in [0.2, 0.25) is 0 Å². The zero-order valence-electron chi connectivity index (χ0n) is 18.5. The molecule has 0 radical (unpaired) electrons. The van der Waals surface area contributed by atoms with E-state index in [0.717, 1.165) is 11.3 Å². The molecule has 1 aromatic heterocycles. The lowest BCUT2D eigenvalue weighted by Gasteiger charge is -2.38. The van der Waals surface area contributed by atoms with E-state index in [4.69, 9.17) is 4.74 Å². The van der Waals surface area contributed by atoms with Crippen LogP contribution in [0.1, 0.15) is 38.3 Å². The third-order valence-electron chi connectivity index (χ3n) is 6.08. The summed E-state index contributed by atoms with van der Waals surface area (Å²) in [5.74, 6) is 1.65. The first kappa shape index (κ1) is 20.9. The second kappa shape index (κ2) is 7.54. The van der Waals surface area contributed by atoms with Crippen LogP contribution in [0.4, 0.5) is 11.6 Å². The third-order valence-corrected chi connectivity index (χ3v) is 6.08. The average molecular weight is 445 g/mol. The van der Waals surface area contributed by atoms with Crippen molar-refractivity contribution >= 4 is 17.4 Å². The molecule has 0 spiro atoms. The van der Waals surface area contributed by atoms with Gasteiger partial charge in [0.05, 0.1) is 12.0 Å². The predicted molar refractivity (Wildman–Crippen MR) is 122 cm³/mol. The first-order valence-corrected chi connectivity index (χ1v) is 10.6. The van der Waals surface area contributed by atoms with Gasteiger partial charge >= 0.3 is 0 Å². The Kier molecular flexibility index (Phi) is 4.77. The number of hydrogen-bond acceptors (Lipinski definition) is 7. The molecule has 0 bridgehead atoms. The van der Waals surface area contributed by atoms with Gasteiger partial charge in [-0.25, -0.2) is 4.68 Å². The van der Waals surface area contributed by atoms with E-state index in [9.17, 15) is 14.9 Å². The zero-order valence-corrected chi connectivity index (χ0v) is 18.5. The van der Waals surface area contributed by atoms with Crippen molar-refractivity contribution in [2.45, 2.75) is 32.7 Å². The summed E-state index contributed by atoms with van der Waals surface area (Å²) in [6.07, 6.45) is 1.15. The number of carbonyl (C=O) groups excluding carboxylic acids is 1. The second-order valence-electron chi connectivity index (χ2n) is 9.14. The molecule has 0 saturated carbocycles. The highest BCUT2D eigenvalue weighted by Gasteiger charge is 2.42. The van der Waals surface area contributed by atoms with E-state index in [1.165, 1.54) is 12.1 Å². The molecule has 3 aromatic rings. The number of nitro groups is 1. The van der Waals surface area contributed by atoms with Gasteiger partial charge in [0.15, 0.2) is 11.6 Å². The number of nitro benzene ring substituents is 1. The van der Waals surface area contributed by atoms with Gasteiger partial charge in [-0.2, -0.15) is 4.98 Å². The average Bonchev–Trinajstić information content (AvgIpc) is 3.21. The third kappa shape index (κ3) is 3.65. The van der Waals surface area contributed by atoms with Gasteiger partial charge in [-0.3, -0.25) is 14.9 Å². The largest absolute Gasteiger partial charge is 0.497 e. The highest BCUT2D eigenvalue weighted by atomic mass is 16.6. The van der Waals surface area contributed by atoms with Gasteiger partial charge < -0.3 is 10.1 Å². The smallest absolute Gasteiger partial charge is 0.270 e. The van der Waals surface area contributed by atoms with Gasteiger partial charge in [0.25, 0.3) is 5.69 Å². The molecule has 1 aliphatic heterocycles. The van der Waals surface area contributed by atoms with Crippen molar-refractivity contribution in [3.05, 3.63) is 75.5 Å². The number of hydrogen-bond donors (Lipinski definition) is 1. The van der Waals surface area contributed by atoms with Crippen LogP contribution >= 0.6 is 0 Å². The highest BCUT2D eigenvalue weighted by molar-refractivity contribution is 6.00. The Labute approximate surface area is 190 Å². The topological polar surface area (TPSA) is 112 Å². The molecule has 168 valence electrons. The maximum Gasteiger partial charge on any atom is 0.270 e. The SMILES string of the molecule is COc1ccc(C2C3=C(CC(C)(C)CC3=O)Nc3nc(-c4cccc([N+](=O)[O-])c4)nn32)cc1. The van der Waals surface area contributed by atoms with E-state index in [1.54, 1.807) is 23.9 Å². The maximum absolute atomic E-state index is 13.3. The number of benzene rings is 2. The van der Waals surface area contributed by atoms with Crippen LogP contribution in [0.3, 0.4) is 0 Å². The Balaban J connectivity index is 1.65. The van der Waals surface area contributed by atoms with Crippen molar-refractivity contribution < 1.29 is 14.5 Å². The number of fused-ring (bicyclic) bond motifs is 1. The van der Waals surface area contributed by atoms with Crippen LogP contribution < -0.4 is 10.1 Å². The second-order valence-corrected chi connectivity index (χ2v) is 9.14. The summed E-state index contributed by atoms with van der Waals surface area (Å²) in [7, 11) is 1.60. The van der Waals surface area contributed by atoms with E-state index >= 15 is 0 Å². The van der Waals surface area contributed by atoms with E-state index < -0.39 is 11.0 Å². The molecule has 1 unspecified atom stereocenters. The minimum atomic E-state index is -0.453. The van der Waals surface area contributed by atoms with Gasteiger partial charge in [-0.15, -0.1) is 5.10 Å². The molecule has 2 heterocycles. The number of methoxy groups -OCH3 is 1. The summed E-state index contributed by atoms with van der Waals surface area (Å²) in [6, 6.07) is 13.3. The molecule has 1 aliphatic carbocycles. The first-order valence-electron chi connectivity index (χ1n) is 10.6. The van der Waals surface area contributed by atoms with Crippen LogP contribution in [0, 0.1) is 15.5 Å². The standard InChI is InChI=1S/C24H23N5O4/c1-24(2)12-18-20(19(30)13-24)21(14-7-9-17(33-3)10-8-14)28-23(25-18)26-22(27-28)15-5-4-6-16(11-15)29(31)32/h4-11,21H,12-13H2,1-3H3,(H,25,26,27). The van der Waals surface area contributed by atoms with Gasteiger partial charge in [0.2, 0.25) is 5.95 Å². The molecule has 0 amide bonds. The number of Topliss-reactive ketones (excluding diaryl/α,β-unsaturated/α-hetero) is 1. The Hall–Kier alpha value is -4.01. The van der Waals surface area contributed by atoms with E-state index in [1.807, 2.05) is 24.3 Å². The lowest BCUT2D eigenvalue weighted by Crippen LogP contribution is -2.36. The fourth-order valence-electron chi connectivity index (χ4n) is 4.58. The lowest BCUT2D eigenvalue weighted by atomic mass is 9.73. The minimum absolute atomic E-state index is 0.0331. The number of nitrogens with zero attached hydrogens (tertiary/aromatic N) is 4. The number of allylic oxidation sites excluding steroid dienone is 2. The van der Waals surface area contributed by atoms with Crippen molar-refractivity contribution in [3.63, 3.8) is 0 Å². The molecule has 2 aliphatic rings. The van der Waals surface area contributed by atoms with Crippen molar-refractivity contribution in [3.8, 4) is 17.1 Å². The van der Waals surface area contributed by atoms with E-state index in [-0.39, 0.29) is 16.9 Å². The predicted octanol–water partition coefficient (Wildman–Crippen LogP) is 4.52. The number of nitrogens with one attached hydrogen (secondary N) is 1. The molecule has 0 fully saturated rings. The van der Waals surface area contributed by atoms with Crippen molar-refractivity contribution in [1.82, 2.24) is 14.8 Å². The number of aromatic nitrogens is 3. The van der Waals surface area contributed by atoms with E-state index in [0.29, 0.717) is 41.5 Å². The van der Waals surface area contributed by atoms with Gasteiger partial charge in [-0.1, -0.05) is 38.1 Å². The lowest BCUT2D eigenvalue weighted by molar-refractivity contribution is -0.384. The van der Waals surface area contributed by atoms with Crippen LogP contribution in [0.25, 0.3) is 11.4 Å². The Morgan fingerprint density at radius 2 is 1.94 bits per heavy atom. The summed E-state index contributed by atoms with van der Waals surface area (Å²) in [4.78, 5) is 28.7. The summed E-state index contributed by atoms with van der Waals surface area (Å²) in [5, 5.41) is 19.2. The number of rotatable bonds is 4. The molecule has 1 atom stereocenters. The van der Waals surface area contributed by atoms with Crippen molar-refractivity contribution in [2.75, 3.05) is 12.4 Å². The van der Waals surface area contributed by atoms with Gasteiger partial charge in [0, 0.05) is 35.4 Å². The highest BCUT2D eigenvalue weighted by Crippen LogP contribution is 2.45. The molecule has 0 saturated heterocycles. The number of ether oxygens (including phenoxy) is 1. The Bertz CT molecular complexity index is 1310. The fraction of sp³-hybridized carbons (Fsp3) is 0.292. The van der Waals surface area contributed by atoms with Gasteiger partial charge in [-0.05, 0) is 29.5 Å². The van der Waals surface area contributed by atoms with Crippen LogP contribution in [0.15, 0.2) is 59.8 Å². The molecule has 1 N–H and O–H groups in total. The summed E-state index contributed by atoms with van der Waals surface area (Å²) in [6.45, 7) is 4.15. The first-order chi connectivity index (χ1) is 15.8. The molecule has 33 heavy (non-hydrogen) atoms. The quantitative estimate of drug-likeness (QED) is 0.464. The monoisotopic (exact) mass is 445 g/mol. The fourth-order valence-corrected chi connectivity index (χ4v) is 4.58. The van der Waals surface area contributed by atoms with E-state index in [2.05, 4.69) is 29.2 Å². The normalized spacial score (nSPS) is 18.9. The molecule has 9 nitrogen and oxygen atoms in total. The maximum atomic E-state index is 13.3. The number of carbonyl (C=O) groups is 1. The Morgan fingerprint density at radius 1 is 1.18 bits per heavy atom. The van der Waals surface area contributed by atoms with Crippen molar-refractivity contribution in [2.24, 2.45) is 5.41 Å². The molecule has 2 aromatic carbocycles. The minimum Gasteiger partial charge on any atom is -0.497 e. The molecular weight excluding hydrogens is 422 g/mol. The summed E-state index contributed by atoms with van der Waals surface area (Å²) < 4.78 is 6.99.